The molecule has 0 bridgehead atoms. The standard InChI is InChI=1S/C11H11O2S/c1-8-5-3-4-6-9(8)10(14)7-11(12)13-2/h3-7H,1-2H3. The van der Waals surface area contributed by atoms with Crippen molar-refractivity contribution in [1.29, 1.82) is 0 Å². The Morgan fingerprint density at radius 3 is 2.64 bits per heavy atom. The van der Waals surface area contributed by atoms with E-state index in [1.165, 1.54) is 13.5 Å². The van der Waals surface area contributed by atoms with E-state index in [9.17, 15) is 4.79 Å². The van der Waals surface area contributed by atoms with E-state index in [1.807, 2.05) is 31.2 Å². The van der Waals surface area contributed by atoms with E-state index in [2.05, 4.69) is 4.74 Å². The first-order valence-corrected chi connectivity index (χ1v) is 4.58. The molecule has 1 aromatic rings. The molecule has 1 rings (SSSR count). The van der Waals surface area contributed by atoms with Crippen LogP contribution in [0, 0.1) is 13.3 Å². The highest BCUT2D eigenvalue weighted by Gasteiger charge is 2.09. The first-order chi connectivity index (χ1) is 6.65. The second-order valence-electron chi connectivity index (χ2n) is 2.85. The zero-order valence-electron chi connectivity index (χ0n) is 8.11. The lowest BCUT2D eigenvalue weighted by Gasteiger charge is -2.05. The van der Waals surface area contributed by atoms with Gasteiger partial charge in [-0.25, -0.2) is 0 Å². The topological polar surface area (TPSA) is 26.3 Å². The highest BCUT2D eigenvalue weighted by molar-refractivity contribution is 7.81. The predicted molar refractivity (Wildman–Crippen MR) is 59.2 cm³/mol. The van der Waals surface area contributed by atoms with Crippen LogP contribution in [0.2, 0.25) is 0 Å². The van der Waals surface area contributed by atoms with Crippen LogP contribution >= 0.6 is 12.2 Å². The number of benzene rings is 1. The third kappa shape index (κ3) is 2.64. The van der Waals surface area contributed by atoms with Crippen molar-refractivity contribution in [3.05, 3.63) is 41.8 Å². The molecule has 3 heteroatoms. The normalized spacial score (nSPS) is 9.57. The summed E-state index contributed by atoms with van der Waals surface area (Å²) >= 11 is 5.09. The monoisotopic (exact) mass is 207 g/mol. The SMILES string of the molecule is COC(=O)[CH]C(=S)c1ccccc1C. The van der Waals surface area contributed by atoms with Crippen molar-refractivity contribution < 1.29 is 9.53 Å². The van der Waals surface area contributed by atoms with Crippen molar-refractivity contribution in [1.82, 2.24) is 0 Å². The van der Waals surface area contributed by atoms with Crippen LogP contribution in [0.4, 0.5) is 0 Å². The lowest BCUT2D eigenvalue weighted by molar-refractivity contribution is -0.135. The van der Waals surface area contributed by atoms with Gasteiger partial charge in [-0.3, -0.25) is 4.79 Å². The molecule has 1 aromatic carbocycles. The number of carbonyl (C=O) groups is 1. The summed E-state index contributed by atoms with van der Waals surface area (Å²) in [5.74, 6) is -0.418. The molecule has 0 saturated carbocycles. The molecule has 0 aliphatic heterocycles. The fraction of sp³-hybridized carbons (Fsp3) is 0.182. The molecule has 0 N–H and O–H groups in total. The predicted octanol–water partition coefficient (Wildman–Crippen LogP) is 2.09. The number of carbonyl (C=O) groups excluding carboxylic acids is 1. The molecule has 0 fully saturated rings. The van der Waals surface area contributed by atoms with E-state index in [4.69, 9.17) is 12.2 Å². The molecule has 0 heterocycles. The van der Waals surface area contributed by atoms with Crippen molar-refractivity contribution in [3.8, 4) is 0 Å². The molecule has 0 aromatic heterocycles. The average molecular weight is 207 g/mol. The highest BCUT2D eigenvalue weighted by atomic mass is 32.1. The number of hydrogen-bond donors (Lipinski definition) is 0. The van der Waals surface area contributed by atoms with Gasteiger partial charge in [0.15, 0.2) is 0 Å². The van der Waals surface area contributed by atoms with Gasteiger partial charge in [-0.05, 0) is 18.1 Å². The van der Waals surface area contributed by atoms with Gasteiger partial charge < -0.3 is 4.74 Å². The number of methoxy groups -OCH3 is 1. The summed E-state index contributed by atoms with van der Waals surface area (Å²) in [7, 11) is 1.33. The van der Waals surface area contributed by atoms with Gasteiger partial charge in [-0.2, -0.15) is 0 Å². The Labute approximate surface area is 88.9 Å². The van der Waals surface area contributed by atoms with Gasteiger partial charge >= 0.3 is 5.97 Å². The van der Waals surface area contributed by atoms with Crippen LogP contribution in [0.5, 0.6) is 0 Å². The van der Waals surface area contributed by atoms with Crippen molar-refractivity contribution in [3.63, 3.8) is 0 Å². The Hall–Kier alpha value is -1.22. The molecule has 0 saturated heterocycles. The van der Waals surface area contributed by atoms with Crippen LogP contribution in [0.3, 0.4) is 0 Å². The minimum absolute atomic E-state index is 0.418. The molecule has 2 nitrogen and oxygen atoms in total. The van der Waals surface area contributed by atoms with Gasteiger partial charge in [-0.1, -0.05) is 36.5 Å². The minimum Gasteiger partial charge on any atom is -0.468 e. The third-order valence-corrected chi connectivity index (χ3v) is 2.20. The first-order valence-electron chi connectivity index (χ1n) is 4.18. The quantitative estimate of drug-likeness (QED) is 0.431. The van der Waals surface area contributed by atoms with Gasteiger partial charge in [0.05, 0.1) is 7.11 Å². The molecule has 0 aliphatic rings. The van der Waals surface area contributed by atoms with Crippen LogP contribution in [0.1, 0.15) is 11.1 Å². The Bertz CT molecular complexity index is 358. The molecule has 0 amide bonds. The molecule has 0 aliphatic carbocycles. The van der Waals surface area contributed by atoms with Crippen LogP contribution in [0.15, 0.2) is 24.3 Å². The van der Waals surface area contributed by atoms with Gasteiger partial charge in [-0.15, -0.1) is 0 Å². The van der Waals surface area contributed by atoms with Crippen LogP contribution < -0.4 is 0 Å². The smallest absolute Gasteiger partial charge is 0.315 e. The summed E-state index contributed by atoms with van der Waals surface area (Å²) in [6, 6.07) is 7.66. The third-order valence-electron chi connectivity index (χ3n) is 1.86. The molecule has 0 unspecified atom stereocenters. The van der Waals surface area contributed by atoms with Gasteiger partial charge in [0.1, 0.15) is 6.42 Å². The first kappa shape index (κ1) is 10.9. The van der Waals surface area contributed by atoms with E-state index >= 15 is 0 Å². The summed E-state index contributed by atoms with van der Waals surface area (Å²) in [6.45, 7) is 1.95. The van der Waals surface area contributed by atoms with E-state index in [-0.39, 0.29) is 0 Å². The summed E-state index contributed by atoms with van der Waals surface area (Å²) in [4.78, 5) is 11.5. The number of thiocarbonyl (C=S) groups is 1. The summed E-state index contributed by atoms with van der Waals surface area (Å²) in [6.07, 6.45) is 1.32. The van der Waals surface area contributed by atoms with E-state index < -0.39 is 5.97 Å². The summed E-state index contributed by atoms with van der Waals surface area (Å²) in [5.41, 5.74) is 1.95. The Morgan fingerprint density at radius 2 is 2.07 bits per heavy atom. The molecule has 14 heavy (non-hydrogen) atoms. The molecule has 1 radical (unpaired) electrons. The van der Waals surface area contributed by atoms with E-state index in [0.29, 0.717) is 4.86 Å². The lowest BCUT2D eigenvalue weighted by Crippen LogP contribution is -2.10. The lowest BCUT2D eigenvalue weighted by atomic mass is 10.0. The van der Waals surface area contributed by atoms with Crippen molar-refractivity contribution in [2.45, 2.75) is 6.92 Å². The zero-order chi connectivity index (χ0) is 10.6. The Morgan fingerprint density at radius 1 is 1.43 bits per heavy atom. The summed E-state index contributed by atoms with van der Waals surface area (Å²) in [5, 5.41) is 0. The second kappa shape index (κ2) is 4.86. The number of ether oxygens (including phenoxy) is 1. The molecule has 0 spiro atoms. The highest BCUT2D eigenvalue weighted by Crippen LogP contribution is 2.10. The van der Waals surface area contributed by atoms with E-state index in [0.717, 1.165) is 11.1 Å². The number of hydrogen-bond acceptors (Lipinski definition) is 3. The van der Waals surface area contributed by atoms with Gasteiger partial charge in [0, 0.05) is 4.86 Å². The molecular weight excluding hydrogens is 196 g/mol. The average Bonchev–Trinajstić information content (AvgIpc) is 2.18. The van der Waals surface area contributed by atoms with Crippen LogP contribution in [0.25, 0.3) is 0 Å². The maximum atomic E-state index is 10.9. The van der Waals surface area contributed by atoms with Crippen LogP contribution in [-0.2, 0) is 9.53 Å². The second-order valence-corrected chi connectivity index (χ2v) is 3.29. The maximum Gasteiger partial charge on any atom is 0.315 e. The van der Waals surface area contributed by atoms with E-state index in [1.54, 1.807) is 0 Å². The van der Waals surface area contributed by atoms with Crippen molar-refractivity contribution >= 4 is 23.1 Å². The summed E-state index contributed by atoms with van der Waals surface area (Å²) < 4.78 is 4.50. The van der Waals surface area contributed by atoms with Gasteiger partial charge in [0.2, 0.25) is 0 Å². The minimum atomic E-state index is -0.418. The fourth-order valence-electron chi connectivity index (χ4n) is 1.09. The Balaban J connectivity index is 2.80. The maximum absolute atomic E-state index is 10.9. The molecular formula is C11H11O2S. The zero-order valence-corrected chi connectivity index (χ0v) is 8.93. The Kier molecular flexibility index (Phi) is 3.77. The number of aryl methyl sites for hydroxylation is 1. The number of rotatable bonds is 3. The largest absolute Gasteiger partial charge is 0.468 e. The van der Waals surface area contributed by atoms with Crippen molar-refractivity contribution in [2.24, 2.45) is 0 Å². The molecule has 73 valence electrons. The van der Waals surface area contributed by atoms with Crippen LogP contribution in [-0.4, -0.2) is 17.9 Å². The fourth-order valence-corrected chi connectivity index (χ4v) is 1.42. The molecule has 0 atom stereocenters. The number of esters is 1. The van der Waals surface area contributed by atoms with Crippen molar-refractivity contribution in [2.75, 3.05) is 7.11 Å². The van der Waals surface area contributed by atoms with Gasteiger partial charge in [0.25, 0.3) is 0 Å².